The zero-order valence-corrected chi connectivity index (χ0v) is 18.3. The number of nitrogens with zero attached hydrogens (tertiary/aromatic N) is 1. The third-order valence-corrected chi connectivity index (χ3v) is 6.21. The van der Waals surface area contributed by atoms with Gasteiger partial charge in [-0.15, -0.1) is 0 Å². The van der Waals surface area contributed by atoms with Gasteiger partial charge in [0.05, 0.1) is 27.0 Å². The highest BCUT2D eigenvalue weighted by atomic mass is 32.2. The first-order chi connectivity index (χ1) is 14.3. The molecule has 0 aliphatic rings. The molecule has 30 heavy (non-hydrogen) atoms. The second-order valence-corrected chi connectivity index (χ2v) is 8.34. The van der Waals surface area contributed by atoms with E-state index in [1.807, 2.05) is 13.8 Å². The van der Waals surface area contributed by atoms with Crippen molar-refractivity contribution < 1.29 is 27.2 Å². The van der Waals surface area contributed by atoms with E-state index in [4.69, 9.17) is 18.7 Å². The van der Waals surface area contributed by atoms with Crippen LogP contribution in [0.25, 0.3) is 11.3 Å². The van der Waals surface area contributed by atoms with Crippen LogP contribution in [-0.2, 0) is 16.6 Å². The van der Waals surface area contributed by atoms with Gasteiger partial charge >= 0.3 is 0 Å². The smallest absolute Gasteiger partial charge is 0.244 e. The standard InChI is InChI=1S/C21H24N2O6S/c1-13-14(2)23-29-21(13)16-7-9-18(27-4)20(11-16)30(24,25)22-12-15-6-8-17(26-3)19(10-15)28-5/h6-11,22H,12H2,1-5H3. The lowest BCUT2D eigenvalue weighted by molar-refractivity contribution is 0.354. The molecule has 2 aromatic carbocycles. The normalized spacial score (nSPS) is 11.4. The zero-order chi connectivity index (χ0) is 21.9. The fourth-order valence-electron chi connectivity index (χ4n) is 2.96. The molecule has 0 bridgehead atoms. The second-order valence-electron chi connectivity index (χ2n) is 6.60. The molecule has 0 unspecified atom stereocenters. The van der Waals surface area contributed by atoms with Crippen molar-refractivity contribution in [2.75, 3.05) is 21.3 Å². The molecule has 0 aliphatic heterocycles. The van der Waals surface area contributed by atoms with E-state index in [9.17, 15) is 8.42 Å². The first kappa shape index (κ1) is 21.7. The predicted molar refractivity (Wildman–Crippen MR) is 112 cm³/mol. The van der Waals surface area contributed by atoms with E-state index in [0.717, 1.165) is 11.3 Å². The summed E-state index contributed by atoms with van der Waals surface area (Å²) in [5, 5.41) is 3.94. The molecule has 0 atom stereocenters. The number of hydrogen-bond donors (Lipinski definition) is 1. The zero-order valence-electron chi connectivity index (χ0n) is 17.5. The summed E-state index contributed by atoms with van der Waals surface area (Å²) in [7, 11) is 0.603. The van der Waals surface area contributed by atoms with Crippen LogP contribution in [0, 0.1) is 13.8 Å². The number of aryl methyl sites for hydroxylation is 1. The van der Waals surface area contributed by atoms with Crippen molar-refractivity contribution in [3.8, 4) is 28.6 Å². The maximum Gasteiger partial charge on any atom is 0.244 e. The molecule has 8 nitrogen and oxygen atoms in total. The van der Waals surface area contributed by atoms with E-state index in [-0.39, 0.29) is 17.2 Å². The lowest BCUT2D eigenvalue weighted by atomic mass is 10.1. The molecule has 0 amide bonds. The van der Waals surface area contributed by atoms with Crippen LogP contribution < -0.4 is 18.9 Å². The Labute approximate surface area is 175 Å². The highest BCUT2D eigenvalue weighted by Crippen LogP contribution is 2.33. The van der Waals surface area contributed by atoms with Crippen molar-refractivity contribution in [1.82, 2.24) is 9.88 Å². The number of methoxy groups -OCH3 is 3. The molecule has 3 rings (SSSR count). The number of ether oxygens (including phenoxy) is 3. The molecule has 3 aromatic rings. The fourth-order valence-corrected chi connectivity index (χ4v) is 4.17. The predicted octanol–water partition coefficient (Wildman–Crippen LogP) is 3.46. The summed E-state index contributed by atoms with van der Waals surface area (Å²) < 4.78 is 49.8. The minimum atomic E-state index is -3.88. The Balaban J connectivity index is 1.91. The van der Waals surface area contributed by atoms with E-state index < -0.39 is 10.0 Å². The first-order valence-corrected chi connectivity index (χ1v) is 10.6. The van der Waals surface area contributed by atoms with Gasteiger partial charge in [-0.3, -0.25) is 0 Å². The minimum absolute atomic E-state index is 0.0106. The van der Waals surface area contributed by atoms with Gasteiger partial charge < -0.3 is 18.7 Å². The minimum Gasteiger partial charge on any atom is -0.495 e. The molecule has 0 fully saturated rings. The molecule has 0 spiro atoms. The van der Waals surface area contributed by atoms with Gasteiger partial charge in [-0.05, 0) is 49.7 Å². The summed E-state index contributed by atoms with van der Waals surface area (Å²) in [4.78, 5) is 0.0106. The molecule has 0 aliphatic carbocycles. The lowest BCUT2D eigenvalue weighted by Gasteiger charge is -2.13. The van der Waals surface area contributed by atoms with Crippen molar-refractivity contribution in [3.63, 3.8) is 0 Å². The SMILES string of the molecule is COc1ccc(CNS(=O)(=O)c2cc(-c3onc(C)c3C)ccc2OC)cc1OC. The first-order valence-electron chi connectivity index (χ1n) is 9.12. The van der Waals surface area contributed by atoms with Crippen LogP contribution in [0.15, 0.2) is 45.8 Å². The van der Waals surface area contributed by atoms with E-state index in [0.29, 0.717) is 28.4 Å². The lowest BCUT2D eigenvalue weighted by Crippen LogP contribution is -2.24. The van der Waals surface area contributed by atoms with E-state index >= 15 is 0 Å². The summed E-state index contributed by atoms with van der Waals surface area (Å²) in [6.45, 7) is 3.76. The highest BCUT2D eigenvalue weighted by molar-refractivity contribution is 7.89. The Morgan fingerprint density at radius 2 is 1.60 bits per heavy atom. The monoisotopic (exact) mass is 432 g/mol. The molecule has 0 saturated heterocycles. The summed E-state index contributed by atoms with van der Waals surface area (Å²) in [6, 6.07) is 10.0. The molecule has 0 saturated carbocycles. The number of hydrogen-bond acceptors (Lipinski definition) is 7. The second kappa shape index (κ2) is 8.76. The Hall–Kier alpha value is -3.04. The molecule has 0 radical (unpaired) electrons. The van der Waals surface area contributed by atoms with Crippen LogP contribution in [0.2, 0.25) is 0 Å². The summed E-state index contributed by atoms with van der Waals surface area (Å²) in [6.07, 6.45) is 0. The number of nitrogens with one attached hydrogen (secondary N) is 1. The third kappa shape index (κ3) is 4.27. The maximum atomic E-state index is 13.0. The van der Waals surface area contributed by atoms with E-state index in [1.54, 1.807) is 30.3 Å². The van der Waals surface area contributed by atoms with Gasteiger partial charge in [-0.1, -0.05) is 11.2 Å². The summed E-state index contributed by atoms with van der Waals surface area (Å²) >= 11 is 0. The van der Waals surface area contributed by atoms with Crippen molar-refractivity contribution in [2.24, 2.45) is 0 Å². The average Bonchev–Trinajstić information content (AvgIpc) is 3.09. The van der Waals surface area contributed by atoms with Crippen molar-refractivity contribution in [1.29, 1.82) is 0 Å². The van der Waals surface area contributed by atoms with Crippen molar-refractivity contribution in [2.45, 2.75) is 25.3 Å². The van der Waals surface area contributed by atoms with Gasteiger partial charge in [0.2, 0.25) is 10.0 Å². The van der Waals surface area contributed by atoms with Crippen molar-refractivity contribution >= 4 is 10.0 Å². The number of rotatable bonds is 8. The molecule has 9 heteroatoms. The summed E-state index contributed by atoms with van der Waals surface area (Å²) in [5.74, 6) is 1.83. The Morgan fingerprint density at radius 1 is 0.933 bits per heavy atom. The topological polar surface area (TPSA) is 99.9 Å². The van der Waals surface area contributed by atoms with Gasteiger partial charge in [0, 0.05) is 17.7 Å². The van der Waals surface area contributed by atoms with E-state index in [2.05, 4.69) is 9.88 Å². The van der Waals surface area contributed by atoms with Gasteiger partial charge in [-0.25, -0.2) is 13.1 Å². The molecule has 1 heterocycles. The van der Waals surface area contributed by atoms with Gasteiger partial charge in [-0.2, -0.15) is 0 Å². The van der Waals surface area contributed by atoms with Crippen LogP contribution in [0.1, 0.15) is 16.8 Å². The van der Waals surface area contributed by atoms with Gasteiger partial charge in [0.25, 0.3) is 0 Å². The van der Waals surface area contributed by atoms with Crippen LogP contribution in [-0.4, -0.2) is 34.9 Å². The fraction of sp³-hybridized carbons (Fsp3) is 0.286. The maximum absolute atomic E-state index is 13.0. The molecular formula is C21H24N2O6S. The number of benzene rings is 2. The largest absolute Gasteiger partial charge is 0.495 e. The van der Waals surface area contributed by atoms with Crippen molar-refractivity contribution in [3.05, 3.63) is 53.2 Å². The van der Waals surface area contributed by atoms with Gasteiger partial charge in [0.1, 0.15) is 10.6 Å². The molecule has 1 aromatic heterocycles. The van der Waals surface area contributed by atoms with E-state index in [1.165, 1.54) is 27.4 Å². The van der Waals surface area contributed by atoms with Crippen LogP contribution in [0.4, 0.5) is 0 Å². The third-order valence-electron chi connectivity index (χ3n) is 4.79. The van der Waals surface area contributed by atoms with Gasteiger partial charge in [0.15, 0.2) is 17.3 Å². The van der Waals surface area contributed by atoms with Crippen LogP contribution in [0.5, 0.6) is 17.2 Å². The molecule has 1 N–H and O–H groups in total. The number of aromatic nitrogens is 1. The quantitative estimate of drug-likeness (QED) is 0.582. The van der Waals surface area contributed by atoms with Crippen LogP contribution >= 0.6 is 0 Å². The molecule has 160 valence electrons. The average molecular weight is 432 g/mol. The highest BCUT2D eigenvalue weighted by Gasteiger charge is 2.22. The Bertz CT molecular complexity index is 1150. The van der Waals surface area contributed by atoms with Crippen LogP contribution in [0.3, 0.4) is 0 Å². The summed E-state index contributed by atoms with van der Waals surface area (Å²) in [5.41, 5.74) is 2.91. The Kier molecular flexibility index (Phi) is 6.33. The Morgan fingerprint density at radius 3 is 2.20 bits per heavy atom. The number of sulfonamides is 1. The molecular weight excluding hydrogens is 408 g/mol.